The van der Waals surface area contributed by atoms with Crippen LogP contribution in [0.4, 0.5) is 0 Å². The number of benzene rings is 2. The molecule has 7 rings (SSSR count). The van der Waals surface area contributed by atoms with Crippen molar-refractivity contribution in [1.82, 2.24) is 19.9 Å². The number of carbonyl (C=O) groups excluding carboxylic acids is 1. The number of fused-ring (bicyclic) bond motifs is 4. The molecule has 2 aromatic heterocycles. The van der Waals surface area contributed by atoms with E-state index in [4.69, 9.17) is 28.4 Å². The van der Waals surface area contributed by atoms with E-state index in [-0.39, 0.29) is 36.5 Å². The highest BCUT2D eigenvalue weighted by molar-refractivity contribution is 7.99. The minimum absolute atomic E-state index is 0.139. The molecule has 0 bridgehead atoms. The fourth-order valence-corrected chi connectivity index (χ4v) is 7.27. The van der Waals surface area contributed by atoms with E-state index >= 15 is 0 Å². The lowest BCUT2D eigenvalue weighted by molar-refractivity contribution is -0.141. The molecule has 11 nitrogen and oxygen atoms in total. The first-order valence-electron chi connectivity index (χ1n) is 12.3. The van der Waals surface area contributed by atoms with Gasteiger partial charge in [-0.25, -0.2) is 15.0 Å². The van der Waals surface area contributed by atoms with Gasteiger partial charge in [-0.3, -0.25) is 4.79 Å². The van der Waals surface area contributed by atoms with Gasteiger partial charge in [0.1, 0.15) is 16.9 Å². The van der Waals surface area contributed by atoms with Crippen LogP contribution in [0.1, 0.15) is 27.9 Å². The maximum absolute atomic E-state index is 13.4. The van der Waals surface area contributed by atoms with Gasteiger partial charge in [0.25, 0.3) is 0 Å². The van der Waals surface area contributed by atoms with E-state index in [1.807, 2.05) is 24.3 Å². The Morgan fingerprint density at radius 2 is 1.67 bits per heavy atom. The van der Waals surface area contributed by atoms with E-state index in [2.05, 4.69) is 19.9 Å². The van der Waals surface area contributed by atoms with Crippen LogP contribution in [-0.4, -0.2) is 60.6 Å². The van der Waals surface area contributed by atoms with E-state index in [1.165, 1.54) is 6.33 Å². The van der Waals surface area contributed by atoms with E-state index in [0.29, 0.717) is 34.4 Å². The van der Waals surface area contributed by atoms with Crippen LogP contribution >= 0.6 is 11.8 Å². The molecule has 1 aliphatic carbocycles. The number of aromatic nitrogens is 4. The molecule has 2 aromatic carbocycles. The molecule has 12 heteroatoms. The molecular weight excluding hydrogens is 524 g/mol. The molecule has 0 saturated carbocycles. The van der Waals surface area contributed by atoms with Crippen molar-refractivity contribution < 1.29 is 33.2 Å². The summed E-state index contributed by atoms with van der Waals surface area (Å²) in [6.45, 7) is 0.424. The zero-order chi connectivity index (χ0) is 26.7. The lowest BCUT2D eigenvalue weighted by Gasteiger charge is -2.38. The predicted molar refractivity (Wildman–Crippen MR) is 139 cm³/mol. The topological polar surface area (TPSA) is 127 Å². The van der Waals surface area contributed by atoms with Gasteiger partial charge in [-0.15, -0.1) is 0 Å². The number of ether oxygens (including phenoxy) is 6. The van der Waals surface area contributed by atoms with E-state index in [9.17, 15) is 4.79 Å². The summed E-state index contributed by atoms with van der Waals surface area (Å²) in [6, 6.07) is 7.79. The van der Waals surface area contributed by atoms with Gasteiger partial charge in [0.15, 0.2) is 28.6 Å². The van der Waals surface area contributed by atoms with Gasteiger partial charge < -0.3 is 33.4 Å². The molecule has 1 N–H and O–H groups in total. The summed E-state index contributed by atoms with van der Waals surface area (Å²) in [6.07, 6.45) is 3.10. The number of aromatic amines is 1. The number of thioether (sulfide) groups is 1. The number of nitrogens with zero attached hydrogens (tertiary/aromatic N) is 3. The number of nitrogens with one attached hydrogen (secondary N) is 1. The molecule has 2 aliphatic heterocycles. The zero-order valence-corrected chi connectivity index (χ0v) is 22.1. The summed E-state index contributed by atoms with van der Waals surface area (Å²) in [5, 5.41) is 0.584. The fourth-order valence-electron chi connectivity index (χ4n) is 5.90. The third-order valence-electron chi connectivity index (χ3n) is 7.59. The van der Waals surface area contributed by atoms with Crippen LogP contribution in [0.2, 0.25) is 0 Å². The summed E-state index contributed by atoms with van der Waals surface area (Å²) >= 11 is 1.56. The van der Waals surface area contributed by atoms with Gasteiger partial charge in [-0.1, -0.05) is 11.8 Å². The first-order valence-corrected chi connectivity index (χ1v) is 13.2. The summed E-state index contributed by atoms with van der Waals surface area (Å²) in [7, 11) is 4.71. The molecule has 4 heterocycles. The van der Waals surface area contributed by atoms with Gasteiger partial charge in [0.2, 0.25) is 12.5 Å². The first-order chi connectivity index (χ1) is 19.1. The van der Waals surface area contributed by atoms with Crippen molar-refractivity contribution in [2.75, 3.05) is 34.7 Å². The number of rotatable bonds is 6. The molecule has 0 unspecified atom stereocenters. The molecule has 39 heavy (non-hydrogen) atoms. The highest BCUT2D eigenvalue weighted by Gasteiger charge is 2.53. The predicted octanol–water partition coefficient (Wildman–Crippen LogP) is 3.88. The SMILES string of the molecule is COc1cc([C@@H]2c3cc4c(cc3[C@@H](Sc3ncnc5nc[nH]c35)[C@H]3COC(=O)[C@H]23)OCO4)cc(OC)c1OC. The first kappa shape index (κ1) is 23.9. The molecular formula is C27H24N4O7S. The van der Waals surface area contributed by atoms with Crippen LogP contribution < -0.4 is 23.7 Å². The number of hydrogen-bond acceptors (Lipinski definition) is 11. The number of imidazole rings is 1. The Kier molecular flexibility index (Phi) is 5.65. The van der Waals surface area contributed by atoms with Crippen LogP contribution in [0.25, 0.3) is 11.2 Å². The van der Waals surface area contributed by atoms with Crippen molar-refractivity contribution in [3.63, 3.8) is 0 Å². The molecule has 4 aromatic rings. The minimum atomic E-state index is -0.461. The Morgan fingerprint density at radius 1 is 0.923 bits per heavy atom. The van der Waals surface area contributed by atoms with Crippen LogP contribution in [0.5, 0.6) is 28.7 Å². The van der Waals surface area contributed by atoms with Crippen LogP contribution in [0.15, 0.2) is 41.9 Å². The second kappa shape index (κ2) is 9.23. The molecule has 3 aliphatic rings. The molecule has 4 atom stereocenters. The lowest BCUT2D eigenvalue weighted by atomic mass is 9.67. The number of hydrogen-bond donors (Lipinski definition) is 1. The van der Waals surface area contributed by atoms with Crippen molar-refractivity contribution in [2.24, 2.45) is 11.8 Å². The number of carbonyl (C=O) groups is 1. The molecule has 0 radical (unpaired) electrons. The van der Waals surface area contributed by atoms with Crippen LogP contribution in [-0.2, 0) is 9.53 Å². The molecule has 200 valence electrons. The summed E-state index contributed by atoms with van der Waals surface area (Å²) in [5.41, 5.74) is 4.15. The quantitative estimate of drug-likeness (QED) is 0.279. The monoisotopic (exact) mass is 548 g/mol. The van der Waals surface area contributed by atoms with Crippen molar-refractivity contribution in [1.29, 1.82) is 0 Å². The Morgan fingerprint density at radius 3 is 2.38 bits per heavy atom. The Hall–Kier alpha value is -4.19. The van der Waals surface area contributed by atoms with Gasteiger partial charge in [-0.2, -0.15) is 0 Å². The second-order valence-electron chi connectivity index (χ2n) is 9.41. The third-order valence-corrected chi connectivity index (χ3v) is 8.98. The highest BCUT2D eigenvalue weighted by Crippen LogP contribution is 2.60. The summed E-state index contributed by atoms with van der Waals surface area (Å²) in [4.78, 5) is 29.6. The number of esters is 1. The smallest absolute Gasteiger partial charge is 0.310 e. The van der Waals surface area contributed by atoms with Crippen molar-refractivity contribution >= 4 is 28.9 Å². The standard InChI is InChI=1S/C27H24N4O7S/c1-33-18-4-12(5-19(34-2)23(18)35-3)20-13-6-16-17(38-11-37-16)7-14(13)24(15-8-36-27(32)21(15)20)39-26-22-25(29-9-28-22)30-10-31-26/h4-7,9-10,15,20-21,24H,8,11H2,1-3H3,(H,28,29,30,31)/t15-,20+,21-,24+/m0/s1. The second-order valence-corrected chi connectivity index (χ2v) is 10.5. The average molecular weight is 549 g/mol. The van der Waals surface area contributed by atoms with Crippen LogP contribution in [0, 0.1) is 11.8 Å². The zero-order valence-electron chi connectivity index (χ0n) is 21.3. The normalized spacial score (nSPS) is 22.8. The van der Waals surface area contributed by atoms with E-state index < -0.39 is 5.92 Å². The number of methoxy groups -OCH3 is 3. The van der Waals surface area contributed by atoms with Crippen molar-refractivity contribution in [3.05, 3.63) is 53.6 Å². The third kappa shape index (κ3) is 3.65. The minimum Gasteiger partial charge on any atom is -0.493 e. The molecule has 0 amide bonds. The van der Waals surface area contributed by atoms with Gasteiger partial charge in [0.05, 0.1) is 40.2 Å². The largest absolute Gasteiger partial charge is 0.493 e. The van der Waals surface area contributed by atoms with Gasteiger partial charge >= 0.3 is 5.97 Å². The molecule has 0 spiro atoms. The molecule has 1 fully saturated rings. The van der Waals surface area contributed by atoms with Gasteiger partial charge in [0, 0.05) is 17.1 Å². The van der Waals surface area contributed by atoms with E-state index in [0.717, 1.165) is 27.2 Å². The summed E-state index contributed by atoms with van der Waals surface area (Å²) in [5.74, 6) is 1.60. The highest BCUT2D eigenvalue weighted by atomic mass is 32.2. The van der Waals surface area contributed by atoms with Gasteiger partial charge in [-0.05, 0) is 41.0 Å². The lowest BCUT2D eigenvalue weighted by Crippen LogP contribution is -2.33. The number of H-pyrrole nitrogens is 1. The van der Waals surface area contributed by atoms with Crippen molar-refractivity contribution in [3.8, 4) is 28.7 Å². The number of cyclic esters (lactones) is 1. The van der Waals surface area contributed by atoms with Crippen LogP contribution in [0.3, 0.4) is 0 Å². The molecule has 1 saturated heterocycles. The maximum Gasteiger partial charge on any atom is 0.310 e. The Labute approximate surface area is 227 Å². The Balaban J connectivity index is 1.43. The van der Waals surface area contributed by atoms with E-state index in [1.54, 1.807) is 39.4 Å². The summed E-state index contributed by atoms with van der Waals surface area (Å²) < 4.78 is 34.1. The maximum atomic E-state index is 13.4. The Bertz CT molecular complexity index is 1580. The fraction of sp³-hybridized carbons (Fsp3) is 0.333. The average Bonchev–Trinajstić information content (AvgIpc) is 3.71. The van der Waals surface area contributed by atoms with Crippen molar-refractivity contribution in [2.45, 2.75) is 16.2 Å².